The van der Waals surface area contributed by atoms with Crippen molar-refractivity contribution in [1.29, 1.82) is 5.26 Å². The lowest BCUT2D eigenvalue weighted by molar-refractivity contribution is 0.101. The second-order valence-corrected chi connectivity index (χ2v) is 3.58. The summed E-state index contributed by atoms with van der Waals surface area (Å²) in [6.07, 6.45) is 1.97. The van der Waals surface area contributed by atoms with E-state index in [1.165, 1.54) is 6.92 Å². The minimum atomic E-state index is -0.0454. The molecule has 0 N–H and O–H groups in total. The third kappa shape index (κ3) is 3.09. The number of carbonyl (C=O) groups excluding carboxylic acids is 1. The van der Waals surface area contributed by atoms with Gasteiger partial charge in [0.1, 0.15) is 5.75 Å². The summed E-state index contributed by atoms with van der Waals surface area (Å²) in [5, 5.41) is 8.77. The second-order valence-electron chi connectivity index (χ2n) is 3.58. The van der Waals surface area contributed by atoms with Crippen LogP contribution >= 0.6 is 0 Å². The maximum Gasteiger partial charge on any atom is 0.163 e. The van der Waals surface area contributed by atoms with Crippen LogP contribution in [0.25, 0.3) is 0 Å². The molecule has 0 aliphatic heterocycles. The first-order valence-electron chi connectivity index (χ1n) is 5.37. The molecule has 0 saturated heterocycles. The number of hydrogen-bond donors (Lipinski definition) is 0. The van der Waals surface area contributed by atoms with Gasteiger partial charge in [-0.05, 0) is 31.5 Å². The summed E-state index contributed by atoms with van der Waals surface area (Å²) < 4.78 is 5.51. The van der Waals surface area contributed by atoms with Crippen LogP contribution in [0.3, 0.4) is 0 Å². The van der Waals surface area contributed by atoms with Crippen molar-refractivity contribution in [1.82, 2.24) is 0 Å². The Morgan fingerprint density at radius 3 is 2.81 bits per heavy atom. The van der Waals surface area contributed by atoms with Gasteiger partial charge in [0.25, 0.3) is 0 Å². The summed E-state index contributed by atoms with van der Waals surface area (Å²) in [4.78, 5) is 11.3. The molecule has 0 atom stereocenters. The Labute approximate surface area is 95.7 Å². The van der Waals surface area contributed by atoms with Crippen LogP contribution in [0.15, 0.2) is 18.2 Å². The minimum Gasteiger partial charge on any atom is -0.493 e. The van der Waals surface area contributed by atoms with Crippen molar-refractivity contribution in [3.8, 4) is 11.8 Å². The highest BCUT2D eigenvalue weighted by atomic mass is 16.5. The summed E-state index contributed by atoms with van der Waals surface area (Å²) in [7, 11) is 0. The van der Waals surface area contributed by atoms with Gasteiger partial charge in [0.05, 0.1) is 23.8 Å². The molecule has 0 unspecified atom stereocenters. The third-order valence-electron chi connectivity index (χ3n) is 2.25. The molecular formula is C13H15NO2. The van der Waals surface area contributed by atoms with Crippen LogP contribution in [0.1, 0.15) is 42.6 Å². The molecule has 3 nitrogen and oxygen atoms in total. The summed E-state index contributed by atoms with van der Waals surface area (Å²) in [6, 6.07) is 6.92. The molecule has 0 fully saturated rings. The van der Waals surface area contributed by atoms with E-state index < -0.39 is 0 Å². The fourth-order valence-electron chi connectivity index (χ4n) is 1.33. The molecule has 0 aromatic heterocycles. The molecule has 0 radical (unpaired) electrons. The van der Waals surface area contributed by atoms with Gasteiger partial charge in [-0.1, -0.05) is 13.3 Å². The number of carbonyl (C=O) groups is 1. The van der Waals surface area contributed by atoms with Gasteiger partial charge in [0.15, 0.2) is 5.78 Å². The quantitative estimate of drug-likeness (QED) is 0.562. The van der Waals surface area contributed by atoms with Gasteiger partial charge in [0.2, 0.25) is 0 Å². The fourth-order valence-corrected chi connectivity index (χ4v) is 1.33. The first kappa shape index (κ1) is 12.3. The Bertz CT molecular complexity index is 418. The molecule has 1 aromatic carbocycles. The largest absolute Gasteiger partial charge is 0.493 e. The highest BCUT2D eigenvalue weighted by Crippen LogP contribution is 2.21. The summed E-state index contributed by atoms with van der Waals surface area (Å²) in [6.45, 7) is 4.14. The SMILES string of the molecule is CCCCOc1cc(C#N)ccc1C(C)=O. The van der Waals surface area contributed by atoms with Crippen molar-refractivity contribution in [3.05, 3.63) is 29.3 Å². The summed E-state index contributed by atoms with van der Waals surface area (Å²) in [5.41, 5.74) is 1.05. The first-order chi connectivity index (χ1) is 7.69. The van der Waals surface area contributed by atoms with Gasteiger partial charge < -0.3 is 4.74 Å². The van der Waals surface area contributed by atoms with Crippen molar-refractivity contribution in [3.63, 3.8) is 0 Å². The van der Waals surface area contributed by atoms with Crippen LogP contribution in [0.4, 0.5) is 0 Å². The molecule has 0 aliphatic rings. The highest BCUT2D eigenvalue weighted by Gasteiger charge is 2.09. The minimum absolute atomic E-state index is 0.0454. The van der Waals surface area contributed by atoms with Crippen molar-refractivity contribution >= 4 is 5.78 Å². The van der Waals surface area contributed by atoms with Crippen LogP contribution in [0, 0.1) is 11.3 Å². The smallest absolute Gasteiger partial charge is 0.163 e. The number of benzene rings is 1. The number of Topliss-reactive ketones (excluding diaryl/α,β-unsaturated/α-hetero) is 1. The maximum absolute atomic E-state index is 11.3. The van der Waals surface area contributed by atoms with Crippen LogP contribution in [0.2, 0.25) is 0 Å². The van der Waals surface area contributed by atoms with E-state index in [0.717, 1.165) is 12.8 Å². The van der Waals surface area contributed by atoms with Crippen molar-refractivity contribution in [2.24, 2.45) is 0 Å². The maximum atomic E-state index is 11.3. The van der Waals surface area contributed by atoms with Gasteiger partial charge in [-0.15, -0.1) is 0 Å². The van der Waals surface area contributed by atoms with Crippen molar-refractivity contribution in [2.45, 2.75) is 26.7 Å². The lowest BCUT2D eigenvalue weighted by atomic mass is 10.1. The van der Waals surface area contributed by atoms with E-state index in [0.29, 0.717) is 23.5 Å². The number of rotatable bonds is 5. The van der Waals surface area contributed by atoms with Gasteiger partial charge in [0, 0.05) is 0 Å². The number of nitrogens with zero attached hydrogens (tertiary/aromatic N) is 1. The number of ketones is 1. The number of ether oxygens (including phenoxy) is 1. The number of nitriles is 1. The van der Waals surface area contributed by atoms with Crippen LogP contribution in [-0.4, -0.2) is 12.4 Å². The van der Waals surface area contributed by atoms with E-state index >= 15 is 0 Å². The molecule has 0 saturated carbocycles. The molecule has 1 aromatic rings. The Morgan fingerprint density at radius 1 is 1.50 bits per heavy atom. The van der Waals surface area contributed by atoms with Crippen molar-refractivity contribution < 1.29 is 9.53 Å². The van der Waals surface area contributed by atoms with E-state index in [2.05, 4.69) is 6.92 Å². The van der Waals surface area contributed by atoms with E-state index in [1.807, 2.05) is 6.07 Å². The number of hydrogen-bond acceptors (Lipinski definition) is 3. The molecule has 3 heteroatoms. The average molecular weight is 217 g/mol. The Balaban J connectivity index is 2.92. The standard InChI is InChI=1S/C13H15NO2/c1-3-4-7-16-13-8-11(9-14)5-6-12(13)10(2)15/h5-6,8H,3-4,7H2,1-2H3. The van der Waals surface area contributed by atoms with Crippen LogP contribution in [0.5, 0.6) is 5.75 Å². The third-order valence-corrected chi connectivity index (χ3v) is 2.25. The summed E-state index contributed by atoms with van der Waals surface area (Å²) >= 11 is 0. The van der Waals surface area contributed by atoms with Crippen LogP contribution in [-0.2, 0) is 0 Å². The zero-order valence-electron chi connectivity index (χ0n) is 9.62. The highest BCUT2D eigenvalue weighted by molar-refractivity contribution is 5.97. The zero-order chi connectivity index (χ0) is 12.0. The van der Waals surface area contributed by atoms with E-state index in [9.17, 15) is 4.79 Å². The Kier molecular flexibility index (Phi) is 4.53. The molecule has 16 heavy (non-hydrogen) atoms. The Morgan fingerprint density at radius 2 is 2.25 bits per heavy atom. The van der Waals surface area contributed by atoms with E-state index in [4.69, 9.17) is 10.00 Å². The van der Waals surface area contributed by atoms with Gasteiger partial charge >= 0.3 is 0 Å². The van der Waals surface area contributed by atoms with Gasteiger partial charge in [-0.2, -0.15) is 5.26 Å². The molecule has 0 bridgehead atoms. The monoisotopic (exact) mass is 217 g/mol. The molecule has 0 spiro atoms. The van der Waals surface area contributed by atoms with E-state index in [-0.39, 0.29) is 5.78 Å². The molecule has 0 aliphatic carbocycles. The predicted molar refractivity (Wildman–Crippen MR) is 61.6 cm³/mol. The predicted octanol–water partition coefficient (Wildman–Crippen LogP) is 2.94. The topological polar surface area (TPSA) is 50.1 Å². The molecule has 0 heterocycles. The lowest BCUT2D eigenvalue weighted by Crippen LogP contribution is -2.03. The molecular weight excluding hydrogens is 202 g/mol. The average Bonchev–Trinajstić information content (AvgIpc) is 2.29. The fraction of sp³-hybridized carbons (Fsp3) is 0.385. The normalized spacial score (nSPS) is 9.56. The van der Waals surface area contributed by atoms with Crippen molar-refractivity contribution in [2.75, 3.05) is 6.61 Å². The van der Waals surface area contributed by atoms with Gasteiger partial charge in [-0.3, -0.25) is 4.79 Å². The van der Waals surface area contributed by atoms with Crippen LogP contribution < -0.4 is 4.74 Å². The Hall–Kier alpha value is -1.82. The van der Waals surface area contributed by atoms with E-state index in [1.54, 1.807) is 18.2 Å². The summed E-state index contributed by atoms with van der Waals surface area (Å²) in [5.74, 6) is 0.469. The molecule has 84 valence electrons. The lowest BCUT2D eigenvalue weighted by Gasteiger charge is -2.09. The van der Waals surface area contributed by atoms with Gasteiger partial charge in [-0.25, -0.2) is 0 Å². The molecule has 0 amide bonds. The number of unbranched alkanes of at least 4 members (excludes halogenated alkanes) is 1. The molecule has 1 rings (SSSR count). The second kappa shape index (κ2) is 5.92. The zero-order valence-corrected chi connectivity index (χ0v) is 9.62. The first-order valence-corrected chi connectivity index (χ1v) is 5.37.